The Labute approximate surface area is 157 Å². The van der Waals surface area contributed by atoms with Crippen molar-refractivity contribution in [2.24, 2.45) is 0 Å². The van der Waals surface area contributed by atoms with Crippen LogP contribution >= 0.6 is 0 Å². The predicted octanol–water partition coefficient (Wildman–Crippen LogP) is 0.443. The molecule has 0 unspecified atom stereocenters. The van der Waals surface area contributed by atoms with E-state index in [4.69, 9.17) is 4.74 Å². The molecule has 0 aliphatic carbocycles. The molecular formula is C18H26N6O3. The van der Waals surface area contributed by atoms with Crippen molar-refractivity contribution in [1.82, 2.24) is 29.4 Å². The molecule has 4 rings (SSSR count). The van der Waals surface area contributed by atoms with E-state index in [-0.39, 0.29) is 22.8 Å². The van der Waals surface area contributed by atoms with E-state index in [1.165, 1.54) is 10.7 Å². The van der Waals surface area contributed by atoms with Gasteiger partial charge in [0.25, 0.3) is 17.2 Å². The molecule has 0 aromatic carbocycles. The Kier molecular flexibility index (Phi) is 4.73. The van der Waals surface area contributed by atoms with Gasteiger partial charge >= 0.3 is 0 Å². The van der Waals surface area contributed by atoms with Crippen LogP contribution in [0.15, 0.2) is 11.0 Å². The molecule has 2 aliphatic heterocycles. The maximum absolute atomic E-state index is 12.9. The number of aromatic nitrogens is 4. The van der Waals surface area contributed by atoms with E-state index in [1.807, 2.05) is 0 Å². The number of ether oxygens (including phenoxy) is 1. The molecule has 4 heterocycles. The van der Waals surface area contributed by atoms with Gasteiger partial charge in [-0.15, -0.1) is 0 Å². The van der Waals surface area contributed by atoms with Crippen LogP contribution < -0.4 is 5.56 Å². The molecule has 0 saturated carbocycles. The largest absolute Gasteiger partial charge is 0.372 e. The van der Waals surface area contributed by atoms with Gasteiger partial charge in [-0.1, -0.05) is 6.92 Å². The normalized spacial score (nSPS) is 20.4. The smallest absolute Gasteiger partial charge is 0.286 e. The molecule has 9 heteroatoms. The highest BCUT2D eigenvalue weighted by molar-refractivity contribution is 5.93. The molecule has 2 aliphatic rings. The molecule has 2 aromatic heterocycles. The number of nitrogens with one attached hydrogen (secondary N) is 1. The van der Waals surface area contributed by atoms with Crippen LogP contribution in [0.3, 0.4) is 0 Å². The van der Waals surface area contributed by atoms with Crippen molar-refractivity contribution in [3.8, 4) is 0 Å². The molecule has 0 radical (unpaired) electrons. The number of carbonyl (C=O) groups excluding carboxylic acids is 1. The second kappa shape index (κ2) is 7.05. The van der Waals surface area contributed by atoms with E-state index in [0.717, 1.165) is 45.5 Å². The number of carbonyl (C=O) groups is 1. The van der Waals surface area contributed by atoms with Gasteiger partial charge in [-0.3, -0.25) is 19.6 Å². The fourth-order valence-corrected chi connectivity index (χ4v) is 4.13. The van der Waals surface area contributed by atoms with Gasteiger partial charge in [-0.25, -0.2) is 4.98 Å². The quantitative estimate of drug-likeness (QED) is 0.838. The van der Waals surface area contributed by atoms with Gasteiger partial charge in [0.05, 0.1) is 12.2 Å². The lowest BCUT2D eigenvalue weighted by Gasteiger charge is -2.47. The summed E-state index contributed by atoms with van der Waals surface area (Å²) in [4.78, 5) is 37.9. The topological polar surface area (TPSA) is 95.8 Å². The number of hydrogen-bond donors (Lipinski definition) is 1. The summed E-state index contributed by atoms with van der Waals surface area (Å²) in [7, 11) is 0. The van der Waals surface area contributed by atoms with E-state index in [9.17, 15) is 9.59 Å². The van der Waals surface area contributed by atoms with Gasteiger partial charge in [0, 0.05) is 32.4 Å². The van der Waals surface area contributed by atoms with Gasteiger partial charge in [0.1, 0.15) is 11.4 Å². The van der Waals surface area contributed by atoms with E-state index >= 15 is 0 Å². The Balaban J connectivity index is 1.47. The van der Waals surface area contributed by atoms with Crippen molar-refractivity contribution in [3.63, 3.8) is 0 Å². The summed E-state index contributed by atoms with van der Waals surface area (Å²) in [5, 5.41) is 2.82. The zero-order valence-corrected chi connectivity index (χ0v) is 15.9. The molecule has 146 valence electrons. The van der Waals surface area contributed by atoms with Crippen LogP contribution in [0.5, 0.6) is 0 Å². The second-order valence-corrected chi connectivity index (χ2v) is 7.52. The average molecular weight is 374 g/mol. The summed E-state index contributed by atoms with van der Waals surface area (Å²) in [6.45, 7) is 8.83. The van der Waals surface area contributed by atoms with Gasteiger partial charge in [-0.2, -0.15) is 9.50 Å². The zero-order chi connectivity index (χ0) is 19.0. The SMILES string of the molecule is CCCN1CCOC2(CCN(C(=O)c3cnc4nc(C)[nH]n4c3=O)CC2)C1. The fraction of sp³-hybridized carbons (Fsp3) is 0.667. The van der Waals surface area contributed by atoms with Crippen molar-refractivity contribution >= 4 is 11.7 Å². The minimum atomic E-state index is -0.408. The number of nitrogens with zero attached hydrogens (tertiary/aromatic N) is 5. The Morgan fingerprint density at radius 3 is 2.85 bits per heavy atom. The summed E-state index contributed by atoms with van der Waals surface area (Å²) < 4.78 is 7.35. The maximum Gasteiger partial charge on any atom is 0.286 e. The van der Waals surface area contributed by atoms with E-state index in [0.29, 0.717) is 18.9 Å². The van der Waals surface area contributed by atoms with Gasteiger partial charge in [-0.05, 0) is 32.7 Å². The first-order chi connectivity index (χ1) is 13.0. The average Bonchev–Trinajstić information content (AvgIpc) is 3.04. The van der Waals surface area contributed by atoms with Gasteiger partial charge in [0.2, 0.25) is 0 Å². The van der Waals surface area contributed by atoms with Crippen molar-refractivity contribution in [2.45, 2.75) is 38.7 Å². The van der Waals surface area contributed by atoms with E-state index in [1.54, 1.807) is 11.8 Å². The number of likely N-dealkylation sites (tertiary alicyclic amines) is 1. The third-order valence-electron chi connectivity index (χ3n) is 5.54. The standard InChI is InChI=1S/C18H26N6O3/c1-3-6-22-9-10-27-18(12-22)4-7-23(8-5-18)15(25)14-11-19-17-20-13(2)21-24(17)16(14)26/h11H,3-10,12H2,1-2H3,(H,19,20,21). The van der Waals surface area contributed by atoms with E-state index in [2.05, 4.69) is 26.9 Å². The second-order valence-electron chi connectivity index (χ2n) is 7.52. The van der Waals surface area contributed by atoms with Crippen LogP contribution in [0.2, 0.25) is 0 Å². The monoisotopic (exact) mass is 374 g/mol. The molecule has 1 N–H and O–H groups in total. The molecule has 0 atom stereocenters. The predicted molar refractivity (Wildman–Crippen MR) is 98.9 cm³/mol. The third kappa shape index (κ3) is 3.37. The Hall–Kier alpha value is -2.26. The fourth-order valence-electron chi connectivity index (χ4n) is 4.13. The number of rotatable bonds is 3. The summed E-state index contributed by atoms with van der Waals surface area (Å²) in [6.07, 6.45) is 4.05. The summed E-state index contributed by atoms with van der Waals surface area (Å²) in [6, 6.07) is 0. The lowest BCUT2D eigenvalue weighted by Crippen LogP contribution is -2.57. The first kappa shape index (κ1) is 18.1. The van der Waals surface area contributed by atoms with Gasteiger partial charge in [0.15, 0.2) is 0 Å². The Morgan fingerprint density at radius 1 is 1.33 bits per heavy atom. The number of piperidine rings is 1. The number of H-pyrrole nitrogens is 1. The summed E-state index contributed by atoms with van der Waals surface area (Å²) >= 11 is 0. The first-order valence-corrected chi connectivity index (χ1v) is 9.61. The summed E-state index contributed by atoms with van der Waals surface area (Å²) in [5.41, 5.74) is -0.500. The zero-order valence-electron chi connectivity index (χ0n) is 15.9. The number of aryl methyl sites for hydroxylation is 1. The lowest BCUT2D eigenvalue weighted by atomic mass is 9.89. The minimum absolute atomic E-state index is 0.0734. The lowest BCUT2D eigenvalue weighted by molar-refractivity contribution is -0.132. The Bertz CT molecular complexity index is 894. The van der Waals surface area contributed by atoms with Crippen LogP contribution in [-0.4, -0.2) is 80.2 Å². The highest BCUT2D eigenvalue weighted by Gasteiger charge is 2.40. The van der Waals surface area contributed by atoms with Crippen molar-refractivity contribution < 1.29 is 9.53 Å². The number of amides is 1. The third-order valence-corrected chi connectivity index (χ3v) is 5.54. The first-order valence-electron chi connectivity index (χ1n) is 9.61. The highest BCUT2D eigenvalue weighted by atomic mass is 16.5. The van der Waals surface area contributed by atoms with Crippen LogP contribution in [-0.2, 0) is 4.74 Å². The number of aromatic amines is 1. The molecule has 27 heavy (non-hydrogen) atoms. The Morgan fingerprint density at radius 2 is 2.11 bits per heavy atom. The number of morpholine rings is 1. The minimum Gasteiger partial charge on any atom is -0.372 e. The molecule has 1 spiro atoms. The van der Waals surface area contributed by atoms with Crippen LogP contribution in [0, 0.1) is 6.92 Å². The molecule has 1 amide bonds. The maximum atomic E-state index is 12.9. The van der Waals surface area contributed by atoms with Crippen molar-refractivity contribution in [2.75, 3.05) is 39.3 Å². The van der Waals surface area contributed by atoms with Crippen LogP contribution in [0.25, 0.3) is 5.78 Å². The molecule has 0 bridgehead atoms. The number of hydrogen-bond acceptors (Lipinski definition) is 6. The van der Waals surface area contributed by atoms with Crippen LogP contribution in [0.4, 0.5) is 0 Å². The number of fused-ring (bicyclic) bond motifs is 1. The van der Waals surface area contributed by atoms with Crippen LogP contribution in [0.1, 0.15) is 42.4 Å². The van der Waals surface area contributed by atoms with E-state index < -0.39 is 5.56 Å². The molecule has 2 saturated heterocycles. The molecule has 2 aromatic rings. The van der Waals surface area contributed by atoms with Crippen molar-refractivity contribution in [3.05, 3.63) is 27.9 Å². The summed E-state index contributed by atoms with van der Waals surface area (Å²) in [5.74, 6) is 0.582. The molecular weight excluding hydrogens is 348 g/mol. The molecule has 9 nitrogen and oxygen atoms in total. The van der Waals surface area contributed by atoms with Gasteiger partial charge < -0.3 is 9.64 Å². The van der Waals surface area contributed by atoms with Crippen molar-refractivity contribution in [1.29, 1.82) is 0 Å². The molecule has 2 fully saturated rings. The highest BCUT2D eigenvalue weighted by Crippen LogP contribution is 2.30.